The van der Waals surface area contributed by atoms with E-state index in [9.17, 15) is 0 Å². The summed E-state index contributed by atoms with van der Waals surface area (Å²) in [6, 6.07) is 10.0. The van der Waals surface area contributed by atoms with Crippen LogP contribution in [0, 0.1) is 0 Å². The first kappa shape index (κ1) is 22.2. The molecule has 24 heavy (non-hydrogen) atoms. The molecule has 0 amide bonds. The van der Waals surface area contributed by atoms with Gasteiger partial charge in [-0.25, -0.2) is 12.1 Å². The minimum atomic E-state index is 0. The van der Waals surface area contributed by atoms with Crippen molar-refractivity contribution >= 4 is 0 Å². The molecule has 3 heteroatoms. The molecular formula is C21H26Cl2Zr. The summed E-state index contributed by atoms with van der Waals surface area (Å²) in [5.41, 5.74) is 9.74. The number of hydrogen-bond acceptors (Lipinski definition) is 0. The summed E-state index contributed by atoms with van der Waals surface area (Å²) >= 11 is 0. The first-order chi connectivity index (χ1) is 10.1. The molecule has 0 aromatic heterocycles. The summed E-state index contributed by atoms with van der Waals surface area (Å²) in [4.78, 5) is 0. The minimum absolute atomic E-state index is 0. The molecule has 2 aliphatic carbocycles. The summed E-state index contributed by atoms with van der Waals surface area (Å²) in [6.07, 6.45) is 10.7. The minimum Gasteiger partial charge on any atom is -1.00 e. The van der Waals surface area contributed by atoms with Crippen LogP contribution in [0.5, 0.6) is 0 Å². The van der Waals surface area contributed by atoms with Crippen LogP contribution in [-0.4, -0.2) is 0 Å². The molecular weight excluding hydrogens is 414 g/mol. The van der Waals surface area contributed by atoms with E-state index in [2.05, 4.69) is 38.1 Å². The van der Waals surface area contributed by atoms with Crippen LogP contribution in [0.3, 0.4) is 0 Å². The summed E-state index contributed by atoms with van der Waals surface area (Å²) < 4.78 is 0. The largest absolute Gasteiger partial charge is 4.00 e. The van der Waals surface area contributed by atoms with Crippen molar-refractivity contribution in [3.63, 3.8) is 0 Å². The maximum Gasteiger partial charge on any atom is 4.00 e. The molecule has 0 unspecified atom stereocenters. The second kappa shape index (κ2) is 8.70. The van der Waals surface area contributed by atoms with Crippen LogP contribution in [0.2, 0.25) is 0 Å². The SMILES string of the molecule is CC(C)(c1cc2c([cH-]1)CCCC2)c1cc2c([cH-]1)CCCC2.[Cl-].[Cl-].[Zr+4]. The van der Waals surface area contributed by atoms with Crippen molar-refractivity contribution in [2.24, 2.45) is 0 Å². The summed E-state index contributed by atoms with van der Waals surface area (Å²) in [5.74, 6) is 0. The number of fused-ring (bicyclic) bond motifs is 2. The quantitative estimate of drug-likeness (QED) is 0.538. The van der Waals surface area contributed by atoms with Gasteiger partial charge in [0.25, 0.3) is 0 Å². The maximum absolute atomic E-state index is 2.50. The Hall–Kier alpha value is 0.163. The zero-order valence-corrected chi connectivity index (χ0v) is 18.7. The Morgan fingerprint density at radius 1 is 0.708 bits per heavy atom. The van der Waals surface area contributed by atoms with Crippen LogP contribution in [0.15, 0.2) is 24.3 Å². The van der Waals surface area contributed by atoms with E-state index in [4.69, 9.17) is 0 Å². The molecule has 2 aromatic rings. The molecule has 0 bridgehead atoms. The number of rotatable bonds is 2. The zero-order valence-electron chi connectivity index (χ0n) is 14.7. The van der Waals surface area contributed by atoms with Gasteiger partial charge in [-0.05, 0) is 5.41 Å². The molecule has 0 atom stereocenters. The van der Waals surface area contributed by atoms with Gasteiger partial charge in [-0.2, -0.15) is 45.5 Å². The van der Waals surface area contributed by atoms with Crippen molar-refractivity contribution in [2.75, 3.05) is 0 Å². The number of aryl methyl sites for hydroxylation is 4. The number of halogens is 2. The van der Waals surface area contributed by atoms with Gasteiger partial charge in [0, 0.05) is 0 Å². The Balaban J connectivity index is 0.000000960. The van der Waals surface area contributed by atoms with Crippen molar-refractivity contribution in [1.29, 1.82) is 0 Å². The van der Waals surface area contributed by atoms with Crippen LogP contribution >= 0.6 is 0 Å². The predicted molar refractivity (Wildman–Crippen MR) is 89.5 cm³/mol. The Labute approximate surface area is 178 Å². The molecule has 0 saturated carbocycles. The molecule has 0 N–H and O–H groups in total. The Morgan fingerprint density at radius 3 is 1.46 bits per heavy atom. The predicted octanol–water partition coefficient (Wildman–Crippen LogP) is -0.787. The molecule has 0 aliphatic heterocycles. The average Bonchev–Trinajstić information content (AvgIpc) is 3.11. The van der Waals surface area contributed by atoms with Gasteiger partial charge in [0.15, 0.2) is 0 Å². The van der Waals surface area contributed by atoms with E-state index in [1.54, 1.807) is 22.3 Å². The van der Waals surface area contributed by atoms with E-state index in [1.165, 1.54) is 62.5 Å². The van der Waals surface area contributed by atoms with E-state index in [-0.39, 0.29) is 56.4 Å². The van der Waals surface area contributed by atoms with Gasteiger partial charge in [0.05, 0.1) is 0 Å². The smallest absolute Gasteiger partial charge is 1.00 e. The molecule has 0 spiro atoms. The Kier molecular flexibility index (Phi) is 8.05. The molecule has 4 rings (SSSR count). The zero-order chi connectivity index (χ0) is 14.4. The third-order valence-corrected chi connectivity index (χ3v) is 5.87. The van der Waals surface area contributed by atoms with Gasteiger partial charge >= 0.3 is 26.2 Å². The van der Waals surface area contributed by atoms with E-state index in [1.807, 2.05) is 0 Å². The molecule has 2 aromatic carbocycles. The molecule has 0 radical (unpaired) electrons. The van der Waals surface area contributed by atoms with Gasteiger partial charge < -0.3 is 24.8 Å². The van der Waals surface area contributed by atoms with Gasteiger partial charge in [-0.1, -0.05) is 65.2 Å². The van der Waals surface area contributed by atoms with Crippen molar-refractivity contribution < 1.29 is 51.0 Å². The maximum atomic E-state index is 2.50. The van der Waals surface area contributed by atoms with Crippen molar-refractivity contribution in [2.45, 2.75) is 70.6 Å². The van der Waals surface area contributed by atoms with Crippen LogP contribution in [0.4, 0.5) is 0 Å². The molecule has 0 saturated heterocycles. The van der Waals surface area contributed by atoms with E-state index in [0.29, 0.717) is 0 Å². The van der Waals surface area contributed by atoms with Gasteiger partial charge in [-0.3, -0.25) is 0 Å². The molecule has 0 nitrogen and oxygen atoms in total. The van der Waals surface area contributed by atoms with Crippen LogP contribution in [-0.2, 0) is 57.3 Å². The first-order valence-corrected chi connectivity index (χ1v) is 8.72. The molecule has 0 heterocycles. The number of hydrogen-bond donors (Lipinski definition) is 0. The van der Waals surface area contributed by atoms with Crippen molar-refractivity contribution in [3.05, 3.63) is 57.6 Å². The normalized spacial score (nSPS) is 16.1. The second-order valence-corrected chi connectivity index (χ2v) is 7.63. The molecule has 0 fully saturated rings. The molecule has 128 valence electrons. The standard InChI is InChI=1S/C21H26.2ClH.Zr/c1-21(2,19-11-15-7-3-4-8-16(15)12-19)20-13-17-9-5-6-10-18(17)14-20;;;/h11-14H,3-10H2,1-2H3;2*1H;/q-2;;;+4/p-2. The van der Waals surface area contributed by atoms with Crippen LogP contribution < -0.4 is 24.8 Å². The fourth-order valence-corrected chi connectivity index (χ4v) is 4.29. The topological polar surface area (TPSA) is 0 Å². The fraction of sp³-hybridized carbons (Fsp3) is 0.524. The third-order valence-electron chi connectivity index (χ3n) is 5.87. The average molecular weight is 441 g/mol. The van der Waals surface area contributed by atoms with Gasteiger partial charge in [0.1, 0.15) is 0 Å². The second-order valence-electron chi connectivity index (χ2n) is 7.63. The van der Waals surface area contributed by atoms with E-state index in [0.717, 1.165) is 0 Å². The molecule has 2 aliphatic rings. The van der Waals surface area contributed by atoms with Gasteiger partial charge in [-0.15, -0.1) is 0 Å². The van der Waals surface area contributed by atoms with Crippen molar-refractivity contribution in [3.8, 4) is 0 Å². The Bertz CT molecular complexity index is 560. The van der Waals surface area contributed by atoms with E-state index < -0.39 is 0 Å². The van der Waals surface area contributed by atoms with Crippen molar-refractivity contribution in [1.82, 2.24) is 0 Å². The van der Waals surface area contributed by atoms with Crippen LogP contribution in [0.1, 0.15) is 72.9 Å². The van der Waals surface area contributed by atoms with E-state index >= 15 is 0 Å². The van der Waals surface area contributed by atoms with Gasteiger partial charge in [0.2, 0.25) is 0 Å². The summed E-state index contributed by atoms with van der Waals surface area (Å²) in [5, 5.41) is 0. The fourth-order valence-electron chi connectivity index (χ4n) is 4.29. The Morgan fingerprint density at radius 2 is 1.08 bits per heavy atom. The monoisotopic (exact) mass is 438 g/mol. The summed E-state index contributed by atoms with van der Waals surface area (Å²) in [6.45, 7) is 4.82. The summed E-state index contributed by atoms with van der Waals surface area (Å²) in [7, 11) is 0. The third kappa shape index (κ3) is 3.94. The first-order valence-electron chi connectivity index (χ1n) is 8.72. The van der Waals surface area contributed by atoms with Crippen LogP contribution in [0.25, 0.3) is 0 Å².